The Balaban J connectivity index is 1.73. The molecule has 5 nitrogen and oxygen atoms in total. The van der Waals surface area contributed by atoms with Crippen molar-refractivity contribution in [1.29, 1.82) is 0 Å². The first-order valence-electron chi connectivity index (χ1n) is 8.25. The summed E-state index contributed by atoms with van der Waals surface area (Å²) >= 11 is 0. The van der Waals surface area contributed by atoms with Gasteiger partial charge >= 0.3 is 0 Å². The van der Waals surface area contributed by atoms with E-state index in [4.69, 9.17) is 4.74 Å². The van der Waals surface area contributed by atoms with Crippen molar-refractivity contribution in [3.63, 3.8) is 0 Å². The van der Waals surface area contributed by atoms with Crippen molar-refractivity contribution in [3.05, 3.63) is 35.6 Å². The second-order valence-electron chi connectivity index (χ2n) is 6.70. The molecule has 0 bridgehead atoms. The van der Waals surface area contributed by atoms with Crippen molar-refractivity contribution in [3.8, 4) is 0 Å². The smallest absolute Gasteiger partial charge is 0.239 e. The van der Waals surface area contributed by atoms with Gasteiger partial charge in [0.25, 0.3) is 0 Å². The third-order valence-electron chi connectivity index (χ3n) is 4.58. The SMILES string of the molecule is CCO[C@@H]1C[C@H](NC(=O)CNC(=O)Cc2cccc(F)c2)C1(C)C. The maximum absolute atomic E-state index is 13.1. The largest absolute Gasteiger partial charge is 0.378 e. The van der Waals surface area contributed by atoms with Gasteiger partial charge in [-0.3, -0.25) is 9.59 Å². The minimum Gasteiger partial charge on any atom is -0.378 e. The number of benzene rings is 1. The van der Waals surface area contributed by atoms with E-state index in [0.29, 0.717) is 12.2 Å². The monoisotopic (exact) mass is 336 g/mol. The Kier molecular flexibility index (Phi) is 5.94. The Morgan fingerprint density at radius 3 is 2.71 bits per heavy atom. The van der Waals surface area contributed by atoms with E-state index in [1.807, 2.05) is 6.92 Å². The molecule has 24 heavy (non-hydrogen) atoms. The zero-order valence-corrected chi connectivity index (χ0v) is 14.4. The molecule has 132 valence electrons. The van der Waals surface area contributed by atoms with Crippen LogP contribution in [0.5, 0.6) is 0 Å². The van der Waals surface area contributed by atoms with Crippen LogP contribution in [0.4, 0.5) is 4.39 Å². The van der Waals surface area contributed by atoms with Crippen LogP contribution in [-0.4, -0.2) is 37.1 Å². The Hall–Kier alpha value is -1.95. The van der Waals surface area contributed by atoms with E-state index < -0.39 is 0 Å². The lowest BCUT2D eigenvalue weighted by Gasteiger charge is -2.51. The van der Waals surface area contributed by atoms with Crippen LogP contribution in [0.1, 0.15) is 32.8 Å². The van der Waals surface area contributed by atoms with Gasteiger partial charge < -0.3 is 15.4 Å². The van der Waals surface area contributed by atoms with Crippen molar-refractivity contribution in [2.75, 3.05) is 13.2 Å². The summed E-state index contributed by atoms with van der Waals surface area (Å²) in [5.41, 5.74) is 0.463. The lowest BCUT2D eigenvalue weighted by Crippen LogP contribution is -2.62. The molecule has 1 aromatic rings. The highest BCUT2D eigenvalue weighted by Gasteiger charge is 2.49. The van der Waals surface area contributed by atoms with Gasteiger partial charge in [0.05, 0.1) is 19.1 Å². The highest BCUT2D eigenvalue weighted by Crippen LogP contribution is 2.42. The van der Waals surface area contributed by atoms with Gasteiger partial charge in [0, 0.05) is 18.1 Å². The third-order valence-corrected chi connectivity index (χ3v) is 4.58. The first-order valence-corrected chi connectivity index (χ1v) is 8.25. The molecule has 0 radical (unpaired) electrons. The zero-order chi connectivity index (χ0) is 17.7. The summed E-state index contributed by atoms with van der Waals surface area (Å²) in [5, 5.41) is 5.49. The molecule has 2 rings (SSSR count). The zero-order valence-electron chi connectivity index (χ0n) is 14.4. The van der Waals surface area contributed by atoms with Gasteiger partial charge in [-0.2, -0.15) is 0 Å². The highest BCUT2D eigenvalue weighted by atomic mass is 19.1. The van der Waals surface area contributed by atoms with Gasteiger partial charge in [-0.1, -0.05) is 26.0 Å². The molecule has 1 fully saturated rings. The molecule has 2 amide bonds. The summed E-state index contributed by atoms with van der Waals surface area (Å²) in [5.74, 6) is -0.916. The molecule has 1 aliphatic carbocycles. The molecule has 2 N–H and O–H groups in total. The van der Waals surface area contributed by atoms with Crippen LogP contribution in [-0.2, 0) is 20.7 Å². The lowest BCUT2D eigenvalue weighted by molar-refractivity contribution is -0.137. The van der Waals surface area contributed by atoms with Gasteiger partial charge in [0.15, 0.2) is 0 Å². The fraction of sp³-hybridized carbons (Fsp3) is 0.556. The van der Waals surface area contributed by atoms with Gasteiger partial charge in [-0.15, -0.1) is 0 Å². The predicted molar refractivity (Wildman–Crippen MR) is 88.9 cm³/mol. The normalized spacial score (nSPS) is 21.7. The number of nitrogens with one attached hydrogen (secondary N) is 2. The number of halogens is 1. The van der Waals surface area contributed by atoms with Crippen molar-refractivity contribution in [2.24, 2.45) is 5.41 Å². The molecular weight excluding hydrogens is 311 g/mol. The molecule has 2 atom stereocenters. The van der Waals surface area contributed by atoms with E-state index in [1.54, 1.807) is 12.1 Å². The Morgan fingerprint density at radius 1 is 1.33 bits per heavy atom. The average molecular weight is 336 g/mol. The Bertz CT molecular complexity index is 604. The molecule has 1 saturated carbocycles. The third kappa shape index (κ3) is 4.54. The molecule has 1 aromatic carbocycles. The van der Waals surface area contributed by atoms with Crippen LogP contribution < -0.4 is 10.6 Å². The molecule has 0 aromatic heterocycles. The Labute approximate surface area is 142 Å². The molecule has 0 saturated heterocycles. The van der Waals surface area contributed by atoms with Crippen molar-refractivity contribution in [1.82, 2.24) is 10.6 Å². The second kappa shape index (κ2) is 7.75. The molecule has 0 heterocycles. The van der Waals surface area contributed by atoms with E-state index >= 15 is 0 Å². The van der Waals surface area contributed by atoms with Crippen LogP contribution in [0, 0.1) is 11.2 Å². The minimum absolute atomic E-state index is 0.0432. The number of amides is 2. The standard InChI is InChI=1S/C18H25FN2O3/c1-4-24-15-10-14(18(15,2)3)21-17(23)11-20-16(22)9-12-6-5-7-13(19)8-12/h5-8,14-15H,4,9-11H2,1-3H3,(H,20,22)(H,21,23)/t14-,15+/m0/s1. The highest BCUT2D eigenvalue weighted by molar-refractivity contribution is 5.85. The van der Waals surface area contributed by atoms with Crippen LogP contribution in [0.3, 0.4) is 0 Å². The van der Waals surface area contributed by atoms with E-state index in [0.717, 1.165) is 6.42 Å². The summed E-state index contributed by atoms with van der Waals surface area (Å²) in [6, 6.07) is 5.91. The van der Waals surface area contributed by atoms with Crippen molar-refractivity contribution < 1.29 is 18.7 Å². The molecule has 6 heteroatoms. The molecule has 0 unspecified atom stereocenters. The lowest BCUT2D eigenvalue weighted by atomic mass is 9.64. The number of rotatable bonds is 7. The number of hydrogen-bond acceptors (Lipinski definition) is 3. The summed E-state index contributed by atoms with van der Waals surface area (Å²) in [6.45, 7) is 6.65. The fourth-order valence-electron chi connectivity index (χ4n) is 2.93. The summed E-state index contributed by atoms with van der Waals surface area (Å²) < 4.78 is 18.7. The maximum Gasteiger partial charge on any atom is 0.239 e. The summed E-state index contributed by atoms with van der Waals surface area (Å²) in [7, 11) is 0. The van der Waals surface area contributed by atoms with Gasteiger partial charge in [0.1, 0.15) is 5.82 Å². The van der Waals surface area contributed by atoms with Crippen LogP contribution in [0.15, 0.2) is 24.3 Å². The van der Waals surface area contributed by atoms with Crippen molar-refractivity contribution in [2.45, 2.75) is 45.8 Å². The van der Waals surface area contributed by atoms with Crippen LogP contribution >= 0.6 is 0 Å². The molecular formula is C18H25FN2O3. The maximum atomic E-state index is 13.1. The first kappa shape index (κ1) is 18.4. The minimum atomic E-state index is -0.380. The van der Waals surface area contributed by atoms with E-state index in [9.17, 15) is 14.0 Å². The summed E-state index contributed by atoms with van der Waals surface area (Å²) in [4.78, 5) is 23.8. The number of carbonyl (C=O) groups is 2. The number of carbonyl (C=O) groups excluding carboxylic acids is 2. The van der Waals surface area contributed by atoms with Crippen LogP contribution in [0.25, 0.3) is 0 Å². The topological polar surface area (TPSA) is 67.4 Å². The first-order chi connectivity index (χ1) is 11.3. The quantitative estimate of drug-likeness (QED) is 0.798. The van der Waals surface area contributed by atoms with Gasteiger partial charge in [-0.25, -0.2) is 4.39 Å². The number of hydrogen-bond donors (Lipinski definition) is 2. The van der Waals surface area contributed by atoms with Crippen LogP contribution in [0.2, 0.25) is 0 Å². The molecule has 0 aliphatic heterocycles. The number of ether oxygens (including phenoxy) is 1. The van der Waals surface area contributed by atoms with Gasteiger partial charge in [0.2, 0.25) is 11.8 Å². The molecule has 1 aliphatic rings. The predicted octanol–water partition coefficient (Wildman–Crippen LogP) is 1.80. The van der Waals surface area contributed by atoms with E-state index in [2.05, 4.69) is 24.5 Å². The average Bonchev–Trinajstić information content (AvgIpc) is 2.52. The van der Waals surface area contributed by atoms with E-state index in [-0.39, 0.29) is 48.2 Å². The molecule has 0 spiro atoms. The van der Waals surface area contributed by atoms with E-state index in [1.165, 1.54) is 12.1 Å². The van der Waals surface area contributed by atoms with Gasteiger partial charge in [-0.05, 0) is 31.0 Å². The van der Waals surface area contributed by atoms with Crippen molar-refractivity contribution >= 4 is 11.8 Å². The summed E-state index contributed by atoms with van der Waals surface area (Å²) in [6.07, 6.45) is 0.978. The fourth-order valence-corrected chi connectivity index (χ4v) is 2.93. The second-order valence-corrected chi connectivity index (χ2v) is 6.70. The Morgan fingerprint density at radius 2 is 2.08 bits per heavy atom.